The molecule has 0 spiro atoms. The van der Waals surface area contributed by atoms with Crippen molar-refractivity contribution in [3.8, 4) is 11.5 Å². The molecule has 2 aromatic carbocycles. The van der Waals surface area contributed by atoms with Crippen LogP contribution in [0.3, 0.4) is 0 Å². The van der Waals surface area contributed by atoms with E-state index in [1.54, 1.807) is 30.7 Å². The van der Waals surface area contributed by atoms with Crippen LogP contribution in [-0.4, -0.2) is 40.6 Å². The Kier molecular flexibility index (Phi) is 7.12. The normalized spacial score (nSPS) is 14.9. The van der Waals surface area contributed by atoms with Gasteiger partial charge in [0.1, 0.15) is 6.04 Å². The summed E-state index contributed by atoms with van der Waals surface area (Å²) in [6, 6.07) is 12.9. The van der Waals surface area contributed by atoms with Gasteiger partial charge in [-0.1, -0.05) is 43.0 Å². The number of thioether (sulfide) groups is 1. The average Bonchev–Trinajstić information content (AvgIpc) is 3.24. The van der Waals surface area contributed by atoms with E-state index in [0.29, 0.717) is 28.2 Å². The zero-order valence-electron chi connectivity index (χ0n) is 20.0. The van der Waals surface area contributed by atoms with Crippen molar-refractivity contribution in [2.75, 3.05) is 30.6 Å². The predicted molar refractivity (Wildman–Crippen MR) is 135 cm³/mol. The molecule has 9 heteroatoms. The molecule has 1 unspecified atom stereocenters. The minimum atomic E-state index is -0.497. The number of aromatic nitrogens is 3. The number of nitrogens with zero attached hydrogens (tertiary/aromatic N) is 3. The largest absolute Gasteiger partial charge is 0.493 e. The van der Waals surface area contributed by atoms with Crippen molar-refractivity contribution in [1.29, 1.82) is 0 Å². The van der Waals surface area contributed by atoms with Crippen LogP contribution in [0.4, 0.5) is 11.6 Å². The maximum Gasteiger partial charge on any atom is 0.255 e. The van der Waals surface area contributed by atoms with Gasteiger partial charge < -0.3 is 20.1 Å². The van der Waals surface area contributed by atoms with Crippen LogP contribution < -0.4 is 20.1 Å². The lowest BCUT2D eigenvalue weighted by Gasteiger charge is -2.29. The standard InChI is InChI=1S/C25H29N5O3S/c1-6-13-34-25-28-24-26-16(3)21(23(31)27-18-10-8-7-9-15(18)2)22(30(24)29-25)17-11-12-19(32-4)20(14-17)33-5/h7-12,14,22H,6,13H2,1-5H3,(H,27,31)(H,26,28,29). The molecular formula is C25H29N5O3S. The number of carbonyl (C=O) groups is 1. The monoisotopic (exact) mass is 479 g/mol. The highest BCUT2D eigenvalue weighted by Crippen LogP contribution is 2.39. The molecule has 2 heterocycles. The Bertz CT molecular complexity index is 1240. The summed E-state index contributed by atoms with van der Waals surface area (Å²) in [6.07, 6.45) is 1.02. The molecule has 0 aliphatic carbocycles. The number of amides is 1. The van der Waals surface area contributed by atoms with Crippen molar-refractivity contribution < 1.29 is 14.3 Å². The highest BCUT2D eigenvalue weighted by atomic mass is 32.2. The van der Waals surface area contributed by atoms with Crippen LogP contribution in [0.2, 0.25) is 0 Å². The minimum Gasteiger partial charge on any atom is -0.493 e. The number of ether oxygens (including phenoxy) is 2. The Morgan fingerprint density at radius 2 is 1.91 bits per heavy atom. The predicted octanol–water partition coefficient (Wildman–Crippen LogP) is 5.03. The Hall–Kier alpha value is -3.46. The van der Waals surface area contributed by atoms with Gasteiger partial charge in [0.05, 0.1) is 19.8 Å². The van der Waals surface area contributed by atoms with Crippen molar-refractivity contribution in [3.05, 3.63) is 64.9 Å². The molecule has 1 amide bonds. The molecule has 0 fully saturated rings. The molecule has 0 saturated carbocycles. The second-order valence-electron chi connectivity index (χ2n) is 7.96. The topological polar surface area (TPSA) is 90.3 Å². The van der Waals surface area contributed by atoms with E-state index in [1.165, 1.54) is 0 Å². The van der Waals surface area contributed by atoms with Crippen molar-refractivity contribution in [1.82, 2.24) is 14.8 Å². The van der Waals surface area contributed by atoms with Gasteiger partial charge in [0.2, 0.25) is 11.1 Å². The summed E-state index contributed by atoms with van der Waals surface area (Å²) in [5.41, 5.74) is 3.87. The first-order chi connectivity index (χ1) is 16.5. The summed E-state index contributed by atoms with van der Waals surface area (Å²) >= 11 is 1.59. The summed E-state index contributed by atoms with van der Waals surface area (Å²) in [6.45, 7) is 5.97. The van der Waals surface area contributed by atoms with Gasteiger partial charge in [-0.3, -0.25) is 4.79 Å². The van der Waals surface area contributed by atoms with Crippen LogP contribution in [0.5, 0.6) is 11.5 Å². The smallest absolute Gasteiger partial charge is 0.255 e. The van der Waals surface area contributed by atoms with E-state index in [1.807, 2.05) is 56.3 Å². The lowest BCUT2D eigenvalue weighted by Crippen LogP contribution is -2.31. The van der Waals surface area contributed by atoms with Gasteiger partial charge in [0, 0.05) is 17.1 Å². The number of allylic oxidation sites excluding steroid dienone is 1. The molecule has 4 rings (SSSR count). The van der Waals surface area contributed by atoms with Gasteiger partial charge in [0.15, 0.2) is 11.5 Å². The number of benzene rings is 2. The van der Waals surface area contributed by atoms with Crippen molar-refractivity contribution in [3.63, 3.8) is 0 Å². The first-order valence-electron chi connectivity index (χ1n) is 11.1. The molecule has 0 bridgehead atoms. The molecule has 8 nitrogen and oxygen atoms in total. The zero-order chi connectivity index (χ0) is 24.2. The molecule has 0 saturated heterocycles. The van der Waals surface area contributed by atoms with Gasteiger partial charge in [-0.25, -0.2) is 4.68 Å². The van der Waals surface area contributed by atoms with Crippen LogP contribution in [0.25, 0.3) is 0 Å². The number of rotatable bonds is 8. The number of nitrogens with one attached hydrogen (secondary N) is 2. The molecule has 1 atom stereocenters. The molecular weight excluding hydrogens is 450 g/mol. The van der Waals surface area contributed by atoms with E-state index >= 15 is 0 Å². The van der Waals surface area contributed by atoms with E-state index in [-0.39, 0.29) is 5.91 Å². The maximum absolute atomic E-state index is 13.6. The molecule has 34 heavy (non-hydrogen) atoms. The van der Waals surface area contributed by atoms with Crippen LogP contribution in [0.15, 0.2) is 58.9 Å². The van der Waals surface area contributed by atoms with E-state index in [9.17, 15) is 4.79 Å². The number of hydrogen-bond acceptors (Lipinski definition) is 7. The Balaban J connectivity index is 1.81. The summed E-state index contributed by atoms with van der Waals surface area (Å²) in [5, 5.41) is 11.8. The fourth-order valence-electron chi connectivity index (χ4n) is 3.91. The lowest BCUT2D eigenvalue weighted by atomic mass is 9.94. The molecule has 3 aromatic rings. The van der Waals surface area contributed by atoms with Gasteiger partial charge >= 0.3 is 0 Å². The fraction of sp³-hybridized carbons (Fsp3) is 0.320. The number of methoxy groups -OCH3 is 2. The number of para-hydroxylation sites is 1. The molecule has 2 N–H and O–H groups in total. The highest BCUT2D eigenvalue weighted by Gasteiger charge is 2.35. The van der Waals surface area contributed by atoms with E-state index < -0.39 is 6.04 Å². The molecule has 1 aromatic heterocycles. The SMILES string of the molecule is CCCSc1nc2n(n1)C(c1ccc(OC)c(OC)c1)C(C(=O)Nc1ccccc1C)=C(C)N2. The second-order valence-corrected chi connectivity index (χ2v) is 9.02. The van der Waals surface area contributed by atoms with Crippen LogP contribution in [0.1, 0.15) is 37.4 Å². The summed E-state index contributed by atoms with van der Waals surface area (Å²) in [7, 11) is 3.19. The van der Waals surface area contributed by atoms with Gasteiger partial charge in [-0.15, -0.1) is 5.10 Å². The van der Waals surface area contributed by atoms with Crippen LogP contribution >= 0.6 is 11.8 Å². The number of hydrogen-bond donors (Lipinski definition) is 2. The van der Waals surface area contributed by atoms with Crippen molar-refractivity contribution in [2.24, 2.45) is 0 Å². The Morgan fingerprint density at radius 3 is 2.62 bits per heavy atom. The summed E-state index contributed by atoms with van der Waals surface area (Å²) in [5.74, 6) is 2.51. The molecule has 178 valence electrons. The second kappa shape index (κ2) is 10.2. The van der Waals surface area contributed by atoms with Crippen molar-refractivity contribution >= 4 is 29.3 Å². The van der Waals surface area contributed by atoms with Crippen molar-refractivity contribution in [2.45, 2.75) is 38.4 Å². The summed E-state index contributed by atoms with van der Waals surface area (Å²) in [4.78, 5) is 18.3. The third kappa shape index (κ3) is 4.61. The maximum atomic E-state index is 13.6. The van der Waals surface area contributed by atoms with Crippen LogP contribution in [0, 0.1) is 6.92 Å². The first-order valence-corrected chi connectivity index (χ1v) is 12.1. The van der Waals surface area contributed by atoms with E-state index in [4.69, 9.17) is 14.6 Å². The lowest BCUT2D eigenvalue weighted by molar-refractivity contribution is -0.113. The van der Waals surface area contributed by atoms with Gasteiger partial charge in [0.25, 0.3) is 5.91 Å². The fourth-order valence-corrected chi connectivity index (χ4v) is 4.60. The van der Waals surface area contributed by atoms with Gasteiger partial charge in [-0.2, -0.15) is 4.98 Å². The highest BCUT2D eigenvalue weighted by molar-refractivity contribution is 7.99. The third-order valence-corrected chi connectivity index (χ3v) is 6.67. The van der Waals surface area contributed by atoms with Crippen LogP contribution in [-0.2, 0) is 4.79 Å². The van der Waals surface area contributed by atoms with E-state index in [2.05, 4.69) is 22.5 Å². The molecule has 1 aliphatic rings. The molecule has 1 aliphatic heterocycles. The zero-order valence-corrected chi connectivity index (χ0v) is 20.8. The van der Waals surface area contributed by atoms with E-state index in [0.717, 1.165) is 34.7 Å². The number of anilines is 2. The average molecular weight is 480 g/mol. The molecule has 0 radical (unpaired) electrons. The number of carbonyl (C=O) groups excluding carboxylic acids is 1. The Morgan fingerprint density at radius 1 is 1.15 bits per heavy atom. The third-order valence-electron chi connectivity index (χ3n) is 5.63. The summed E-state index contributed by atoms with van der Waals surface area (Å²) < 4.78 is 12.7. The first kappa shape index (κ1) is 23.7. The Labute approximate surface area is 203 Å². The minimum absolute atomic E-state index is 0.206. The number of aryl methyl sites for hydroxylation is 1. The van der Waals surface area contributed by atoms with Gasteiger partial charge in [-0.05, 0) is 49.6 Å². The number of fused-ring (bicyclic) bond motifs is 1. The quantitative estimate of drug-likeness (QED) is 0.438.